The summed E-state index contributed by atoms with van der Waals surface area (Å²) in [6.45, 7) is 2.93. The van der Waals surface area contributed by atoms with Crippen molar-refractivity contribution in [2.45, 2.75) is 13.5 Å². The van der Waals surface area contributed by atoms with Crippen LogP contribution in [-0.2, 0) is 11.3 Å². The molecule has 2 aromatic carbocycles. The first-order valence-electron chi connectivity index (χ1n) is 6.98. The summed E-state index contributed by atoms with van der Waals surface area (Å²) in [7, 11) is 1.55. The maximum Gasteiger partial charge on any atom is 0.238 e. The Bertz CT molecular complexity index is 659. The van der Waals surface area contributed by atoms with Crippen LogP contribution in [0.5, 0.6) is 5.75 Å². The lowest BCUT2D eigenvalue weighted by Crippen LogP contribution is -2.27. The van der Waals surface area contributed by atoms with Gasteiger partial charge in [-0.15, -0.1) is 0 Å². The monoisotopic (exact) mass is 318 g/mol. The highest BCUT2D eigenvalue weighted by molar-refractivity contribution is 6.32. The maximum absolute atomic E-state index is 11.9. The average molecular weight is 319 g/mol. The number of amides is 1. The number of carbonyl (C=O) groups is 1. The van der Waals surface area contributed by atoms with E-state index in [1.165, 1.54) is 5.56 Å². The number of nitrogens with one attached hydrogen (secondary N) is 2. The van der Waals surface area contributed by atoms with Gasteiger partial charge < -0.3 is 15.4 Å². The van der Waals surface area contributed by atoms with Crippen LogP contribution in [0.15, 0.2) is 42.5 Å². The molecule has 1 amide bonds. The standard InChI is InChI=1S/C17H19ClN2O2/c1-12-4-3-5-13(8-12)10-19-11-17(21)20-14-6-7-16(22-2)15(18)9-14/h3-9,19H,10-11H2,1-2H3,(H,20,21). The van der Waals surface area contributed by atoms with Gasteiger partial charge in [-0.05, 0) is 30.7 Å². The molecular formula is C17H19ClN2O2. The molecule has 0 heterocycles. The van der Waals surface area contributed by atoms with Crippen molar-refractivity contribution >= 4 is 23.2 Å². The molecule has 5 heteroatoms. The van der Waals surface area contributed by atoms with E-state index in [1.807, 2.05) is 25.1 Å². The van der Waals surface area contributed by atoms with Gasteiger partial charge in [0.25, 0.3) is 0 Å². The average Bonchev–Trinajstić information content (AvgIpc) is 2.47. The number of halogens is 1. The fourth-order valence-electron chi connectivity index (χ4n) is 2.09. The molecule has 0 unspecified atom stereocenters. The number of hydrogen-bond donors (Lipinski definition) is 2. The zero-order valence-electron chi connectivity index (χ0n) is 12.7. The van der Waals surface area contributed by atoms with Crippen molar-refractivity contribution in [3.05, 3.63) is 58.6 Å². The van der Waals surface area contributed by atoms with E-state index < -0.39 is 0 Å². The summed E-state index contributed by atoms with van der Waals surface area (Å²) < 4.78 is 5.07. The zero-order chi connectivity index (χ0) is 15.9. The number of hydrogen-bond acceptors (Lipinski definition) is 3. The minimum absolute atomic E-state index is 0.117. The number of methoxy groups -OCH3 is 1. The van der Waals surface area contributed by atoms with Gasteiger partial charge in [0.1, 0.15) is 5.75 Å². The molecule has 0 aromatic heterocycles. The summed E-state index contributed by atoms with van der Waals surface area (Å²) in [5, 5.41) is 6.37. The SMILES string of the molecule is COc1ccc(NC(=O)CNCc2cccc(C)c2)cc1Cl. The topological polar surface area (TPSA) is 50.4 Å². The lowest BCUT2D eigenvalue weighted by molar-refractivity contribution is -0.115. The van der Waals surface area contributed by atoms with Crippen molar-refractivity contribution in [1.29, 1.82) is 0 Å². The Morgan fingerprint density at radius 3 is 2.73 bits per heavy atom. The second-order valence-corrected chi connectivity index (χ2v) is 5.40. The van der Waals surface area contributed by atoms with Gasteiger partial charge in [-0.3, -0.25) is 4.79 Å². The van der Waals surface area contributed by atoms with Gasteiger partial charge in [0.05, 0.1) is 18.7 Å². The van der Waals surface area contributed by atoms with E-state index in [0.29, 0.717) is 23.0 Å². The van der Waals surface area contributed by atoms with E-state index in [9.17, 15) is 4.79 Å². The number of ether oxygens (including phenoxy) is 1. The molecule has 0 aliphatic heterocycles. The Morgan fingerprint density at radius 2 is 2.05 bits per heavy atom. The Kier molecular flexibility index (Phi) is 5.81. The molecule has 0 aliphatic carbocycles. The van der Waals surface area contributed by atoms with Gasteiger partial charge in [-0.2, -0.15) is 0 Å². The van der Waals surface area contributed by atoms with Crippen molar-refractivity contribution in [2.24, 2.45) is 0 Å². The van der Waals surface area contributed by atoms with Crippen LogP contribution < -0.4 is 15.4 Å². The van der Waals surface area contributed by atoms with E-state index in [1.54, 1.807) is 25.3 Å². The van der Waals surface area contributed by atoms with Crippen LogP contribution in [0, 0.1) is 6.92 Å². The normalized spacial score (nSPS) is 10.3. The molecule has 0 bridgehead atoms. The van der Waals surface area contributed by atoms with Crippen molar-refractivity contribution in [3.8, 4) is 5.75 Å². The molecule has 2 rings (SSSR count). The number of carbonyl (C=O) groups excluding carboxylic acids is 1. The summed E-state index contributed by atoms with van der Waals surface area (Å²) in [5.74, 6) is 0.464. The van der Waals surface area contributed by atoms with E-state index in [2.05, 4.69) is 16.7 Å². The number of anilines is 1. The van der Waals surface area contributed by atoms with Gasteiger partial charge >= 0.3 is 0 Å². The molecule has 0 saturated carbocycles. The van der Waals surface area contributed by atoms with E-state index in [4.69, 9.17) is 16.3 Å². The van der Waals surface area contributed by atoms with Crippen LogP contribution in [-0.4, -0.2) is 19.6 Å². The molecule has 0 saturated heterocycles. The molecule has 0 atom stereocenters. The maximum atomic E-state index is 11.9. The van der Waals surface area contributed by atoms with Crippen molar-refractivity contribution in [3.63, 3.8) is 0 Å². The molecular weight excluding hydrogens is 300 g/mol. The molecule has 4 nitrogen and oxygen atoms in total. The second kappa shape index (κ2) is 7.82. The van der Waals surface area contributed by atoms with Crippen molar-refractivity contribution < 1.29 is 9.53 Å². The Labute approximate surface area is 135 Å². The van der Waals surface area contributed by atoms with E-state index >= 15 is 0 Å². The fourth-order valence-corrected chi connectivity index (χ4v) is 2.35. The van der Waals surface area contributed by atoms with Gasteiger partial charge in [-0.1, -0.05) is 41.4 Å². The number of benzene rings is 2. The minimum Gasteiger partial charge on any atom is -0.495 e. The summed E-state index contributed by atoms with van der Waals surface area (Å²) in [6.07, 6.45) is 0. The third-order valence-electron chi connectivity index (χ3n) is 3.13. The Morgan fingerprint density at radius 1 is 1.23 bits per heavy atom. The third kappa shape index (κ3) is 4.76. The first-order chi connectivity index (χ1) is 10.6. The first kappa shape index (κ1) is 16.3. The smallest absolute Gasteiger partial charge is 0.238 e. The number of rotatable bonds is 6. The summed E-state index contributed by atoms with van der Waals surface area (Å²) in [4.78, 5) is 11.9. The third-order valence-corrected chi connectivity index (χ3v) is 3.43. The Balaban J connectivity index is 1.82. The molecule has 116 valence electrons. The van der Waals surface area contributed by atoms with Crippen molar-refractivity contribution in [2.75, 3.05) is 19.0 Å². The largest absolute Gasteiger partial charge is 0.495 e. The van der Waals surface area contributed by atoms with Gasteiger partial charge in [0.15, 0.2) is 0 Å². The molecule has 0 fully saturated rings. The van der Waals surface area contributed by atoms with Crippen molar-refractivity contribution in [1.82, 2.24) is 5.32 Å². The summed E-state index contributed by atoms with van der Waals surface area (Å²) in [6, 6.07) is 13.3. The molecule has 0 radical (unpaired) electrons. The van der Waals surface area contributed by atoms with E-state index in [-0.39, 0.29) is 12.5 Å². The lowest BCUT2D eigenvalue weighted by atomic mass is 10.1. The predicted molar refractivity (Wildman–Crippen MR) is 89.5 cm³/mol. The highest BCUT2D eigenvalue weighted by Crippen LogP contribution is 2.27. The molecule has 2 N–H and O–H groups in total. The van der Waals surface area contributed by atoms with Crippen LogP contribution in [0.2, 0.25) is 5.02 Å². The molecule has 22 heavy (non-hydrogen) atoms. The molecule has 0 aliphatic rings. The predicted octanol–water partition coefficient (Wildman–Crippen LogP) is 3.39. The van der Waals surface area contributed by atoms with Crippen LogP contribution in [0.1, 0.15) is 11.1 Å². The van der Waals surface area contributed by atoms with Gasteiger partial charge in [0, 0.05) is 12.2 Å². The zero-order valence-corrected chi connectivity index (χ0v) is 13.4. The van der Waals surface area contributed by atoms with Crippen LogP contribution in [0.4, 0.5) is 5.69 Å². The van der Waals surface area contributed by atoms with Crippen LogP contribution in [0.3, 0.4) is 0 Å². The summed E-state index contributed by atoms with van der Waals surface area (Å²) in [5.41, 5.74) is 3.00. The van der Waals surface area contributed by atoms with Crippen LogP contribution >= 0.6 is 11.6 Å². The first-order valence-corrected chi connectivity index (χ1v) is 7.36. The van der Waals surface area contributed by atoms with E-state index in [0.717, 1.165) is 5.56 Å². The second-order valence-electron chi connectivity index (χ2n) is 4.99. The van der Waals surface area contributed by atoms with Gasteiger partial charge in [-0.25, -0.2) is 0 Å². The lowest BCUT2D eigenvalue weighted by Gasteiger charge is -2.09. The highest BCUT2D eigenvalue weighted by atomic mass is 35.5. The van der Waals surface area contributed by atoms with Gasteiger partial charge in [0.2, 0.25) is 5.91 Å². The Hall–Kier alpha value is -2.04. The van der Waals surface area contributed by atoms with Crippen LogP contribution in [0.25, 0.3) is 0 Å². The number of aryl methyl sites for hydroxylation is 1. The highest BCUT2D eigenvalue weighted by Gasteiger charge is 2.05. The molecule has 2 aromatic rings. The summed E-state index contributed by atoms with van der Waals surface area (Å²) >= 11 is 6.02. The minimum atomic E-state index is -0.117. The molecule has 0 spiro atoms. The fraction of sp³-hybridized carbons (Fsp3) is 0.235. The quantitative estimate of drug-likeness (QED) is 0.858.